The molecule has 0 aliphatic rings. The van der Waals surface area contributed by atoms with Crippen molar-refractivity contribution in [1.82, 2.24) is 9.78 Å². The van der Waals surface area contributed by atoms with E-state index in [2.05, 4.69) is 21.0 Å². The first-order valence-corrected chi connectivity index (χ1v) is 7.23. The van der Waals surface area contributed by atoms with Crippen LogP contribution in [0.3, 0.4) is 0 Å². The van der Waals surface area contributed by atoms with Gasteiger partial charge in [-0.2, -0.15) is 5.10 Å². The maximum Gasteiger partial charge on any atom is 0.213 e. The van der Waals surface area contributed by atoms with Gasteiger partial charge in [-0.3, -0.25) is 9.48 Å². The number of carbonyl (C=O) groups is 1. The number of hydrogen-bond donors (Lipinski definition) is 0. The molecule has 0 N–H and O–H groups in total. The Bertz CT molecular complexity index is 622. The molecule has 1 heterocycles. The largest absolute Gasteiger partial charge is 0.287 e. The quantitative estimate of drug-likeness (QED) is 0.779. The Morgan fingerprint density at radius 2 is 2.21 bits per heavy atom. The molecule has 0 amide bonds. The Hall–Kier alpha value is -1.13. The Morgan fingerprint density at radius 3 is 2.84 bits per heavy atom. The van der Waals surface area contributed by atoms with Gasteiger partial charge in [-0.1, -0.05) is 24.6 Å². The number of benzene rings is 1. The number of halogens is 2. The van der Waals surface area contributed by atoms with Crippen LogP contribution < -0.4 is 0 Å². The molecule has 0 fully saturated rings. The summed E-state index contributed by atoms with van der Waals surface area (Å²) >= 11 is 9.53. The molecule has 0 radical (unpaired) electrons. The lowest BCUT2D eigenvalue weighted by Gasteiger charge is -2.08. The normalized spacial score (nSPS) is 10.7. The molecule has 0 aliphatic carbocycles. The molecule has 100 valence electrons. The second-order valence-electron chi connectivity index (χ2n) is 4.38. The van der Waals surface area contributed by atoms with Crippen molar-refractivity contribution < 1.29 is 4.79 Å². The minimum Gasteiger partial charge on any atom is -0.287 e. The standard InChI is InChI=1S/C14H14BrClN2O/c1-3-6-18-13(11(15)8-17-18)14(19)10-5-4-9(2)7-12(10)16/h4-5,7-8H,3,6H2,1-2H3. The molecule has 0 spiro atoms. The van der Waals surface area contributed by atoms with Crippen molar-refractivity contribution in [2.75, 3.05) is 0 Å². The zero-order chi connectivity index (χ0) is 14.0. The van der Waals surface area contributed by atoms with Crippen LogP contribution in [0.5, 0.6) is 0 Å². The number of hydrogen-bond acceptors (Lipinski definition) is 2. The van der Waals surface area contributed by atoms with Gasteiger partial charge in [-0.15, -0.1) is 0 Å². The van der Waals surface area contributed by atoms with Gasteiger partial charge in [-0.25, -0.2) is 0 Å². The minimum absolute atomic E-state index is 0.108. The molecule has 0 atom stereocenters. The highest BCUT2D eigenvalue weighted by Crippen LogP contribution is 2.25. The van der Waals surface area contributed by atoms with Crippen molar-refractivity contribution in [3.8, 4) is 0 Å². The molecule has 0 unspecified atom stereocenters. The maximum absolute atomic E-state index is 12.6. The Morgan fingerprint density at radius 1 is 1.47 bits per heavy atom. The SMILES string of the molecule is CCCn1ncc(Br)c1C(=O)c1ccc(C)cc1Cl. The van der Waals surface area contributed by atoms with Crippen LogP contribution in [0.1, 0.15) is 35.0 Å². The Balaban J connectivity index is 2.46. The van der Waals surface area contributed by atoms with Crippen molar-refractivity contribution in [3.63, 3.8) is 0 Å². The first-order valence-electron chi connectivity index (χ1n) is 6.06. The average molecular weight is 342 g/mol. The van der Waals surface area contributed by atoms with Crippen molar-refractivity contribution >= 4 is 33.3 Å². The third-order valence-electron chi connectivity index (χ3n) is 2.81. The van der Waals surface area contributed by atoms with Crippen molar-refractivity contribution in [1.29, 1.82) is 0 Å². The molecule has 1 aromatic carbocycles. The molecule has 2 rings (SSSR count). The van der Waals surface area contributed by atoms with Crippen LogP contribution in [0, 0.1) is 6.92 Å². The number of rotatable bonds is 4. The van der Waals surface area contributed by atoms with E-state index in [9.17, 15) is 4.79 Å². The molecule has 0 saturated carbocycles. The first-order chi connectivity index (χ1) is 9.04. The van der Waals surface area contributed by atoms with Gasteiger partial charge in [-0.05, 0) is 47.0 Å². The van der Waals surface area contributed by atoms with Gasteiger partial charge in [0.05, 0.1) is 15.7 Å². The predicted molar refractivity (Wildman–Crippen MR) is 79.8 cm³/mol. The second-order valence-corrected chi connectivity index (χ2v) is 5.64. The van der Waals surface area contributed by atoms with E-state index in [-0.39, 0.29) is 5.78 Å². The number of nitrogens with zero attached hydrogens (tertiary/aromatic N) is 2. The van der Waals surface area contributed by atoms with E-state index >= 15 is 0 Å². The predicted octanol–water partition coefficient (Wildman–Crippen LogP) is 4.25. The summed E-state index contributed by atoms with van der Waals surface area (Å²) in [6, 6.07) is 5.44. The van der Waals surface area contributed by atoms with Crippen LogP contribution >= 0.6 is 27.5 Å². The van der Waals surface area contributed by atoms with Gasteiger partial charge >= 0.3 is 0 Å². The highest BCUT2D eigenvalue weighted by Gasteiger charge is 2.20. The lowest BCUT2D eigenvalue weighted by Crippen LogP contribution is -2.12. The molecule has 2 aromatic rings. The van der Waals surface area contributed by atoms with Crippen molar-refractivity contribution in [2.24, 2.45) is 0 Å². The van der Waals surface area contributed by atoms with Crippen LogP contribution in [0.4, 0.5) is 0 Å². The first kappa shape index (κ1) is 14.3. The van der Waals surface area contributed by atoms with Crippen LogP contribution in [-0.2, 0) is 6.54 Å². The van der Waals surface area contributed by atoms with Gasteiger partial charge in [0, 0.05) is 12.1 Å². The average Bonchev–Trinajstić information content (AvgIpc) is 2.70. The fraction of sp³-hybridized carbons (Fsp3) is 0.286. The summed E-state index contributed by atoms with van der Waals surface area (Å²) in [5.74, 6) is -0.108. The zero-order valence-corrected chi connectivity index (χ0v) is 13.1. The summed E-state index contributed by atoms with van der Waals surface area (Å²) in [7, 11) is 0. The number of carbonyl (C=O) groups excluding carboxylic acids is 1. The summed E-state index contributed by atoms with van der Waals surface area (Å²) < 4.78 is 2.41. The molecule has 0 saturated heterocycles. The summed E-state index contributed by atoms with van der Waals surface area (Å²) in [6.07, 6.45) is 2.56. The lowest BCUT2D eigenvalue weighted by atomic mass is 10.1. The fourth-order valence-corrected chi connectivity index (χ4v) is 2.70. The minimum atomic E-state index is -0.108. The lowest BCUT2D eigenvalue weighted by molar-refractivity contribution is 0.102. The van der Waals surface area contributed by atoms with E-state index < -0.39 is 0 Å². The number of aryl methyl sites for hydroxylation is 2. The summed E-state index contributed by atoms with van der Waals surface area (Å²) in [5.41, 5.74) is 2.08. The zero-order valence-electron chi connectivity index (χ0n) is 10.8. The van der Waals surface area contributed by atoms with Crippen LogP contribution in [0.15, 0.2) is 28.9 Å². The summed E-state index contributed by atoms with van der Waals surface area (Å²) in [5, 5.41) is 4.68. The van der Waals surface area contributed by atoms with Gasteiger partial charge < -0.3 is 0 Å². The van der Waals surface area contributed by atoms with Gasteiger partial charge in [0.25, 0.3) is 0 Å². The number of ketones is 1. The molecular formula is C14H14BrClN2O. The fourth-order valence-electron chi connectivity index (χ4n) is 1.90. The van der Waals surface area contributed by atoms with Crippen LogP contribution in [0.2, 0.25) is 5.02 Å². The van der Waals surface area contributed by atoms with Gasteiger partial charge in [0.1, 0.15) is 5.69 Å². The van der Waals surface area contributed by atoms with Crippen LogP contribution in [0.25, 0.3) is 0 Å². The molecule has 5 heteroatoms. The number of aromatic nitrogens is 2. The van der Waals surface area contributed by atoms with Crippen LogP contribution in [-0.4, -0.2) is 15.6 Å². The molecule has 0 aliphatic heterocycles. The smallest absolute Gasteiger partial charge is 0.213 e. The molecule has 3 nitrogen and oxygen atoms in total. The highest BCUT2D eigenvalue weighted by atomic mass is 79.9. The van der Waals surface area contributed by atoms with Gasteiger partial charge in [0.2, 0.25) is 5.78 Å². The Labute approximate surface area is 125 Å². The van der Waals surface area contributed by atoms with Gasteiger partial charge in [0.15, 0.2) is 0 Å². The van der Waals surface area contributed by atoms with E-state index in [0.717, 1.165) is 12.0 Å². The monoisotopic (exact) mass is 340 g/mol. The maximum atomic E-state index is 12.6. The van der Waals surface area contributed by atoms with Crippen molar-refractivity contribution in [3.05, 3.63) is 50.7 Å². The third kappa shape index (κ3) is 2.90. The van der Waals surface area contributed by atoms with E-state index in [1.165, 1.54) is 0 Å². The van der Waals surface area contributed by atoms with E-state index in [1.54, 1.807) is 23.0 Å². The molecule has 1 aromatic heterocycles. The summed E-state index contributed by atoms with van der Waals surface area (Å²) in [6.45, 7) is 4.69. The molecule has 19 heavy (non-hydrogen) atoms. The van der Waals surface area contributed by atoms with E-state index in [4.69, 9.17) is 11.6 Å². The highest BCUT2D eigenvalue weighted by molar-refractivity contribution is 9.10. The summed E-state index contributed by atoms with van der Waals surface area (Å²) in [4.78, 5) is 12.6. The van der Waals surface area contributed by atoms with E-state index in [0.29, 0.717) is 27.3 Å². The Kier molecular flexibility index (Phi) is 4.42. The molecule has 0 bridgehead atoms. The topological polar surface area (TPSA) is 34.9 Å². The second kappa shape index (κ2) is 5.88. The van der Waals surface area contributed by atoms with E-state index in [1.807, 2.05) is 19.9 Å². The third-order valence-corrected chi connectivity index (χ3v) is 3.71. The van der Waals surface area contributed by atoms with Crippen molar-refractivity contribution in [2.45, 2.75) is 26.8 Å². The molecular weight excluding hydrogens is 328 g/mol.